The van der Waals surface area contributed by atoms with Crippen molar-refractivity contribution in [3.05, 3.63) is 62.4 Å². The molecule has 23 heavy (non-hydrogen) atoms. The Kier molecular flexibility index (Phi) is 5.36. The van der Waals surface area contributed by atoms with Gasteiger partial charge in [-0.2, -0.15) is 0 Å². The number of nitro groups is 1. The SMILES string of the molecule is O=C(COc1ccc(F)c(Cl)c1)Nc1cc(Cl)ccc1[N+](=O)[O-]. The van der Waals surface area contributed by atoms with Crippen molar-refractivity contribution in [2.45, 2.75) is 0 Å². The van der Waals surface area contributed by atoms with Gasteiger partial charge in [0.05, 0.1) is 9.95 Å². The first kappa shape index (κ1) is 17.0. The van der Waals surface area contributed by atoms with Crippen molar-refractivity contribution < 1.29 is 18.8 Å². The molecule has 2 aromatic carbocycles. The Morgan fingerprint density at radius 2 is 2.00 bits per heavy atom. The fraction of sp³-hybridized carbons (Fsp3) is 0.0714. The van der Waals surface area contributed by atoms with E-state index in [4.69, 9.17) is 27.9 Å². The molecule has 0 aromatic heterocycles. The number of hydrogen-bond donors (Lipinski definition) is 1. The minimum atomic E-state index is -0.646. The van der Waals surface area contributed by atoms with E-state index in [1.807, 2.05) is 0 Å². The van der Waals surface area contributed by atoms with Gasteiger partial charge >= 0.3 is 0 Å². The molecule has 0 atom stereocenters. The Labute approximate surface area is 139 Å². The second-order valence-electron chi connectivity index (χ2n) is 4.33. The Morgan fingerprint density at radius 1 is 1.26 bits per heavy atom. The summed E-state index contributed by atoms with van der Waals surface area (Å²) in [4.78, 5) is 22.1. The third kappa shape index (κ3) is 4.54. The molecular weight excluding hydrogens is 350 g/mol. The molecule has 0 radical (unpaired) electrons. The molecule has 0 aliphatic carbocycles. The second kappa shape index (κ2) is 7.26. The number of carbonyl (C=O) groups is 1. The summed E-state index contributed by atoms with van der Waals surface area (Å²) >= 11 is 11.3. The van der Waals surface area contributed by atoms with E-state index in [-0.39, 0.29) is 27.2 Å². The predicted molar refractivity (Wildman–Crippen MR) is 83.6 cm³/mol. The van der Waals surface area contributed by atoms with Crippen molar-refractivity contribution in [2.75, 3.05) is 11.9 Å². The monoisotopic (exact) mass is 358 g/mol. The van der Waals surface area contributed by atoms with Crippen molar-refractivity contribution in [3.8, 4) is 5.75 Å². The average molecular weight is 359 g/mol. The molecule has 0 fully saturated rings. The quantitative estimate of drug-likeness (QED) is 0.645. The molecule has 0 aliphatic heterocycles. The van der Waals surface area contributed by atoms with Crippen LogP contribution < -0.4 is 10.1 Å². The van der Waals surface area contributed by atoms with Crippen molar-refractivity contribution in [2.24, 2.45) is 0 Å². The number of rotatable bonds is 5. The van der Waals surface area contributed by atoms with Gasteiger partial charge in [0.2, 0.25) is 0 Å². The molecule has 1 N–H and O–H groups in total. The topological polar surface area (TPSA) is 81.5 Å². The van der Waals surface area contributed by atoms with Crippen LogP contribution in [0.3, 0.4) is 0 Å². The molecule has 0 spiro atoms. The summed E-state index contributed by atoms with van der Waals surface area (Å²) in [5.74, 6) is -1.07. The Bertz CT molecular complexity index is 770. The number of nitrogens with zero attached hydrogens (tertiary/aromatic N) is 1. The normalized spacial score (nSPS) is 10.2. The summed E-state index contributed by atoms with van der Waals surface area (Å²) in [6, 6.07) is 7.39. The molecule has 0 unspecified atom stereocenters. The van der Waals surface area contributed by atoms with Crippen molar-refractivity contribution in [1.82, 2.24) is 0 Å². The zero-order valence-electron chi connectivity index (χ0n) is 11.4. The van der Waals surface area contributed by atoms with Crippen LogP contribution in [0.2, 0.25) is 10.0 Å². The predicted octanol–water partition coefficient (Wildman–Crippen LogP) is 4.06. The largest absolute Gasteiger partial charge is 0.484 e. The van der Waals surface area contributed by atoms with Crippen LogP contribution >= 0.6 is 23.2 Å². The number of nitrogens with one attached hydrogen (secondary N) is 1. The first-order valence-electron chi connectivity index (χ1n) is 6.18. The van der Waals surface area contributed by atoms with Gasteiger partial charge in [-0.05, 0) is 24.3 Å². The number of ether oxygens (including phenoxy) is 1. The average Bonchev–Trinajstić information content (AvgIpc) is 2.48. The van der Waals surface area contributed by atoms with E-state index in [0.717, 1.165) is 6.07 Å². The highest BCUT2D eigenvalue weighted by atomic mass is 35.5. The maximum absolute atomic E-state index is 13.0. The van der Waals surface area contributed by atoms with Crippen molar-refractivity contribution >= 4 is 40.5 Å². The van der Waals surface area contributed by atoms with Crippen LogP contribution in [0.5, 0.6) is 5.75 Å². The lowest BCUT2D eigenvalue weighted by atomic mass is 10.2. The summed E-state index contributed by atoms with van der Waals surface area (Å²) in [6.45, 7) is -0.439. The number of amides is 1. The smallest absolute Gasteiger partial charge is 0.292 e. The molecule has 0 bridgehead atoms. The standard InChI is InChI=1S/C14H9Cl2FN2O4/c15-8-1-4-13(19(21)22)12(5-8)18-14(20)7-23-9-2-3-11(17)10(16)6-9/h1-6H,7H2,(H,18,20). The second-order valence-corrected chi connectivity index (χ2v) is 5.17. The first-order chi connectivity index (χ1) is 10.9. The zero-order valence-corrected chi connectivity index (χ0v) is 12.9. The van der Waals surface area contributed by atoms with Crippen LogP contribution in [0.4, 0.5) is 15.8 Å². The van der Waals surface area contributed by atoms with Gasteiger partial charge in [-0.3, -0.25) is 14.9 Å². The number of benzene rings is 2. The molecule has 0 saturated heterocycles. The molecule has 2 aromatic rings. The highest BCUT2D eigenvalue weighted by molar-refractivity contribution is 6.31. The maximum atomic E-state index is 13.0. The summed E-state index contributed by atoms with van der Waals surface area (Å²) < 4.78 is 18.1. The lowest BCUT2D eigenvalue weighted by Gasteiger charge is -2.08. The molecule has 1 amide bonds. The van der Waals surface area contributed by atoms with Gasteiger partial charge in [0.25, 0.3) is 11.6 Å². The number of nitro benzene ring substituents is 1. The van der Waals surface area contributed by atoms with Crippen molar-refractivity contribution in [1.29, 1.82) is 0 Å². The van der Waals surface area contributed by atoms with Crippen LogP contribution in [0.15, 0.2) is 36.4 Å². The van der Waals surface area contributed by atoms with E-state index < -0.39 is 23.3 Å². The van der Waals surface area contributed by atoms with E-state index in [1.54, 1.807) is 0 Å². The number of hydrogen-bond acceptors (Lipinski definition) is 4. The third-order valence-electron chi connectivity index (χ3n) is 2.69. The van der Waals surface area contributed by atoms with E-state index in [2.05, 4.69) is 5.32 Å². The van der Waals surface area contributed by atoms with Gasteiger partial charge in [0.1, 0.15) is 17.3 Å². The summed E-state index contributed by atoms with van der Waals surface area (Å²) in [5, 5.41) is 13.3. The zero-order chi connectivity index (χ0) is 17.0. The molecule has 120 valence electrons. The number of anilines is 1. The van der Waals surface area contributed by atoms with E-state index >= 15 is 0 Å². The Hall–Kier alpha value is -2.38. The number of halogens is 3. The van der Waals surface area contributed by atoms with Crippen LogP contribution in [-0.4, -0.2) is 17.4 Å². The molecule has 0 aliphatic rings. The van der Waals surface area contributed by atoms with Gasteiger partial charge in [-0.25, -0.2) is 4.39 Å². The molecular formula is C14H9Cl2FN2O4. The highest BCUT2D eigenvalue weighted by Gasteiger charge is 2.16. The minimum Gasteiger partial charge on any atom is -0.484 e. The lowest BCUT2D eigenvalue weighted by molar-refractivity contribution is -0.383. The summed E-state index contributed by atoms with van der Waals surface area (Å²) in [7, 11) is 0. The summed E-state index contributed by atoms with van der Waals surface area (Å²) in [6.07, 6.45) is 0. The van der Waals surface area contributed by atoms with Crippen molar-refractivity contribution in [3.63, 3.8) is 0 Å². The van der Waals surface area contributed by atoms with Crippen LogP contribution in [0.1, 0.15) is 0 Å². The molecule has 2 rings (SSSR count). The lowest BCUT2D eigenvalue weighted by Crippen LogP contribution is -2.20. The molecule has 0 heterocycles. The van der Waals surface area contributed by atoms with E-state index in [1.165, 1.54) is 30.3 Å². The van der Waals surface area contributed by atoms with E-state index in [0.29, 0.717) is 0 Å². The van der Waals surface area contributed by atoms with Crippen LogP contribution in [-0.2, 0) is 4.79 Å². The van der Waals surface area contributed by atoms with Gasteiger partial charge in [0, 0.05) is 17.2 Å². The number of carbonyl (C=O) groups excluding carboxylic acids is 1. The minimum absolute atomic E-state index is 0.0479. The van der Waals surface area contributed by atoms with Gasteiger partial charge < -0.3 is 10.1 Å². The van der Waals surface area contributed by atoms with E-state index in [9.17, 15) is 19.3 Å². The summed E-state index contributed by atoms with van der Waals surface area (Å²) in [5.41, 5.74) is -0.346. The van der Waals surface area contributed by atoms with Crippen LogP contribution in [0.25, 0.3) is 0 Å². The van der Waals surface area contributed by atoms with Gasteiger partial charge in [-0.15, -0.1) is 0 Å². The first-order valence-corrected chi connectivity index (χ1v) is 6.94. The molecule has 9 heteroatoms. The maximum Gasteiger partial charge on any atom is 0.292 e. The fourth-order valence-corrected chi connectivity index (χ4v) is 2.01. The molecule has 6 nitrogen and oxygen atoms in total. The van der Waals surface area contributed by atoms with Gasteiger partial charge in [0.15, 0.2) is 6.61 Å². The Morgan fingerprint density at radius 3 is 2.65 bits per heavy atom. The van der Waals surface area contributed by atoms with Crippen LogP contribution in [0, 0.1) is 15.9 Å². The highest BCUT2D eigenvalue weighted by Crippen LogP contribution is 2.27. The third-order valence-corrected chi connectivity index (χ3v) is 3.22. The molecule has 0 saturated carbocycles. The Balaban J connectivity index is 2.03. The fourth-order valence-electron chi connectivity index (χ4n) is 1.67. The van der Waals surface area contributed by atoms with Gasteiger partial charge in [-0.1, -0.05) is 23.2 Å².